The summed E-state index contributed by atoms with van der Waals surface area (Å²) in [6.07, 6.45) is 70.0. The van der Waals surface area contributed by atoms with Crippen LogP contribution >= 0.6 is 0 Å². The van der Waals surface area contributed by atoms with Gasteiger partial charge in [-0.1, -0.05) is 256 Å². The van der Waals surface area contributed by atoms with Gasteiger partial charge in [0.25, 0.3) is 0 Å². The summed E-state index contributed by atoms with van der Waals surface area (Å²) in [5.41, 5.74) is 0. The van der Waals surface area contributed by atoms with Crippen molar-refractivity contribution in [1.29, 1.82) is 0 Å². The second-order valence-electron chi connectivity index (χ2n) is 20.3. The van der Waals surface area contributed by atoms with Crippen molar-refractivity contribution in [3.05, 3.63) is 36.5 Å². The molecule has 0 spiro atoms. The summed E-state index contributed by atoms with van der Waals surface area (Å²) in [6.45, 7) is 4.92. The number of carbonyl (C=O) groups excluding carboxylic acids is 2. The van der Waals surface area contributed by atoms with Crippen molar-refractivity contribution in [2.75, 3.05) is 13.2 Å². The van der Waals surface area contributed by atoms with Crippen molar-refractivity contribution < 1.29 is 24.5 Å². The van der Waals surface area contributed by atoms with E-state index >= 15 is 0 Å². The largest absolute Gasteiger partial charge is 0.466 e. The highest BCUT2D eigenvalue weighted by atomic mass is 16.5. The van der Waals surface area contributed by atoms with E-state index in [0.717, 1.165) is 51.4 Å². The van der Waals surface area contributed by atoms with Crippen LogP contribution in [0.3, 0.4) is 0 Å². The molecule has 0 aliphatic heterocycles. The molecule has 0 radical (unpaired) electrons. The van der Waals surface area contributed by atoms with E-state index in [9.17, 15) is 19.8 Å². The maximum atomic E-state index is 12.5. The molecule has 0 aromatic carbocycles. The Morgan fingerprint density at radius 2 is 0.746 bits per heavy atom. The van der Waals surface area contributed by atoms with E-state index in [1.54, 1.807) is 0 Å². The van der Waals surface area contributed by atoms with E-state index in [0.29, 0.717) is 25.9 Å². The number of amides is 1. The van der Waals surface area contributed by atoms with Crippen LogP contribution in [0.1, 0.15) is 316 Å². The molecule has 2 atom stereocenters. The standard InChI is InChI=1S/C61H115NO5/c1-3-5-7-9-11-13-15-17-26-31-35-39-43-47-51-55-61(66)67-56-52-48-44-40-36-32-28-25-23-21-19-18-20-22-24-27-30-34-38-42-46-50-54-60(65)62-58(57-63)59(64)53-49-45-41-37-33-29-16-14-12-10-8-6-4-2/h11,13,17,20,22,26,58-59,63-64H,3-10,12,14-16,18-19,21,23-25,27-57H2,1-2H3,(H,62,65)/b13-11-,22-20-,26-17-. The lowest BCUT2D eigenvalue weighted by molar-refractivity contribution is -0.143. The average Bonchev–Trinajstić information content (AvgIpc) is 3.33. The van der Waals surface area contributed by atoms with Gasteiger partial charge in [0.05, 0.1) is 25.4 Å². The van der Waals surface area contributed by atoms with Crippen LogP contribution in [0.25, 0.3) is 0 Å². The summed E-state index contributed by atoms with van der Waals surface area (Å²) in [5, 5.41) is 23.2. The van der Waals surface area contributed by atoms with Crippen LogP contribution in [0.5, 0.6) is 0 Å². The topological polar surface area (TPSA) is 95.9 Å². The van der Waals surface area contributed by atoms with Crippen molar-refractivity contribution in [2.24, 2.45) is 0 Å². The molecule has 0 aliphatic rings. The molecule has 3 N–H and O–H groups in total. The second-order valence-corrected chi connectivity index (χ2v) is 20.3. The van der Waals surface area contributed by atoms with E-state index < -0.39 is 12.1 Å². The van der Waals surface area contributed by atoms with Crippen molar-refractivity contribution in [1.82, 2.24) is 5.32 Å². The lowest BCUT2D eigenvalue weighted by Crippen LogP contribution is -2.45. The van der Waals surface area contributed by atoms with Gasteiger partial charge in [-0.05, 0) is 83.5 Å². The fourth-order valence-electron chi connectivity index (χ4n) is 9.08. The Hall–Kier alpha value is -1.92. The minimum atomic E-state index is -0.668. The Morgan fingerprint density at radius 3 is 1.18 bits per heavy atom. The number of hydrogen-bond acceptors (Lipinski definition) is 5. The zero-order valence-corrected chi connectivity index (χ0v) is 44.9. The fourth-order valence-corrected chi connectivity index (χ4v) is 9.08. The van der Waals surface area contributed by atoms with Gasteiger partial charge in [0.15, 0.2) is 0 Å². The highest BCUT2D eigenvalue weighted by molar-refractivity contribution is 5.76. The van der Waals surface area contributed by atoms with Gasteiger partial charge in [-0.2, -0.15) is 0 Å². The number of aliphatic hydroxyl groups excluding tert-OH is 2. The molecule has 394 valence electrons. The third kappa shape index (κ3) is 53.3. The Balaban J connectivity index is 3.42. The van der Waals surface area contributed by atoms with Crippen molar-refractivity contribution in [3.8, 4) is 0 Å². The molecule has 6 heteroatoms. The summed E-state index contributed by atoms with van der Waals surface area (Å²) >= 11 is 0. The minimum Gasteiger partial charge on any atom is -0.466 e. The number of rotatable bonds is 55. The van der Waals surface area contributed by atoms with Crippen LogP contribution in [0.4, 0.5) is 0 Å². The first kappa shape index (κ1) is 65.1. The van der Waals surface area contributed by atoms with Crippen LogP contribution in [-0.4, -0.2) is 47.4 Å². The Bertz CT molecular complexity index is 1090. The molecule has 0 aliphatic carbocycles. The zero-order valence-electron chi connectivity index (χ0n) is 44.9. The molecule has 0 aromatic heterocycles. The van der Waals surface area contributed by atoms with Crippen molar-refractivity contribution in [3.63, 3.8) is 0 Å². The number of unbranched alkanes of at least 4 members (excludes halogenated alkanes) is 38. The van der Waals surface area contributed by atoms with Gasteiger partial charge < -0.3 is 20.3 Å². The zero-order chi connectivity index (χ0) is 48.6. The Morgan fingerprint density at radius 1 is 0.418 bits per heavy atom. The molecule has 0 rings (SSSR count). The van der Waals surface area contributed by atoms with E-state index in [-0.39, 0.29) is 18.5 Å². The summed E-state index contributed by atoms with van der Waals surface area (Å²) in [4.78, 5) is 24.5. The minimum absolute atomic E-state index is 0.00419. The number of nitrogens with one attached hydrogen (secondary N) is 1. The van der Waals surface area contributed by atoms with E-state index in [1.807, 2.05) is 0 Å². The highest BCUT2D eigenvalue weighted by Crippen LogP contribution is 2.17. The molecule has 2 unspecified atom stereocenters. The van der Waals surface area contributed by atoms with Gasteiger partial charge in [-0.3, -0.25) is 9.59 Å². The van der Waals surface area contributed by atoms with Gasteiger partial charge in [-0.15, -0.1) is 0 Å². The highest BCUT2D eigenvalue weighted by Gasteiger charge is 2.20. The van der Waals surface area contributed by atoms with Crippen LogP contribution in [-0.2, 0) is 14.3 Å². The number of ether oxygens (including phenoxy) is 1. The fraction of sp³-hybridized carbons (Fsp3) is 0.869. The average molecular weight is 943 g/mol. The van der Waals surface area contributed by atoms with Crippen LogP contribution < -0.4 is 5.32 Å². The van der Waals surface area contributed by atoms with Crippen LogP contribution in [0.2, 0.25) is 0 Å². The molecule has 0 saturated carbocycles. The third-order valence-electron chi connectivity index (χ3n) is 13.7. The molecule has 6 nitrogen and oxygen atoms in total. The summed E-state index contributed by atoms with van der Waals surface area (Å²) in [6, 6.07) is -0.546. The van der Waals surface area contributed by atoms with Crippen molar-refractivity contribution in [2.45, 2.75) is 328 Å². The molecule has 0 saturated heterocycles. The quantitative estimate of drug-likeness (QED) is 0.0321. The molecule has 0 fully saturated rings. The van der Waals surface area contributed by atoms with E-state index in [1.165, 1.54) is 231 Å². The number of carbonyl (C=O) groups is 2. The van der Waals surface area contributed by atoms with Gasteiger partial charge in [-0.25, -0.2) is 0 Å². The van der Waals surface area contributed by atoms with Gasteiger partial charge in [0.1, 0.15) is 0 Å². The maximum absolute atomic E-state index is 12.5. The molecule has 67 heavy (non-hydrogen) atoms. The predicted octanol–water partition coefficient (Wildman–Crippen LogP) is 18.4. The maximum Gasteiger partial charge on any atom is 0.305 e. The number of aliphatic hydroxyl groups is 2. The number of allylic oxidation sites excluding steroid dienone is 6. The lowest BCUT2D eigenvalue weighted by atomic mass is 10.0. The molecular weight excluding hydrogens is 827 g/mol. The summed E-state index contributed by atoms with van der Waals surface area (Å²) in [7, 11) is 0. The first-order valence-corrected chi connectivity index (χ1v) is 29.7. The van der Waals surface area contributed by atoms with Crippen molar-refractivity contribution >= 4 is 11.9 Å². The predicted molar refractivity (Wildman–Crippen MR) is 292 cm³/mol. The molecular formula is C61H115NO5. The van der Waals surface area contributed by atoms with E-state index in [4.69, 9.17) is 4.74 Å². The first-order valence-electron chi connectivity index (χ1n) is 29.7. The number of esters is 1. The van der Waals surface area contributed by atoms with E-state index in [2.05, 4.69) is 55.6 Å². The molecule has 0 bridgehead atoms. The summed E-state index contributed by atoms with van der Waals surface area (Å²) < 4.78 is 5.47. The SMILES string of the molecule is CCCCC/C=C\C/C=C\CCCCCCCC(=O)OCCCCCCCCCCCCC/C=C\CCCCCCCCCC(=O)NC(CO)C(O)CCCCCCCCCCCCCCC. The monoisotopic (exact) mass is 942 g/mol. The Kier molecular flexibility index (Phi) is 55.0. The van der Waals surface area contributed by atoms with Gasteiger partial charge in [0, 0.05) is 12.8 Å². The molecule has 1 amide bonds. The van der Waals surface area contributed by atoms with Crippen LogP contribution in [0, 0.1) is 0 Å². The second kappa shape index (κ2) is 56.7. The Labute approximate surface area is 417 Å². The third-order valence-corrected chi connectivity index (χ3v) is 13.7. The summed E-state index contributed by atoms with van der Waals surface area (Å²) in [5.74, 6) is -0.0462. The van der Waals surface area contributed by atoms with Crippen LogP contribution in [0.15, 0.2) is 36.5 Å². The van der Waals surface area contributed by atoms with Gasteiger partial charge >= 0.3 is 5.97 Å². The molecule has 0 aromatic rings. The number of hydrogen-bond donors (Lipinski definition) is 3. The van der Waals surface area contributed by atoms with Gasteiger partial charge in [0.2, 0.25) is 5.91 Å². The first-order chi connectivity index (χ1) is 33.0. The lowest BCUT2D eigenvalue weighted by Gasteiger charge is -2.22. The molecule has 0 heterocycles. The smallest absolute Gasteiger partial charge is 0.305 e. The normalized spacial score (nSPS) is 12.8.